The standard InChI is InChI=1S/C29H33N5O2/c1-29(2,19-31)20-34(28(36)24-10-8-21(17-30)9-11-24)18-22-6-5-7-25(16-22)32-27(35)23-12-14-26(15-13-23)33(3)4/h5-16H,18-20,31H2,1-4H3,(H,32,35). The fraction of sp³-hybridized carbons (Fsp3) is 0.276. The predicted octanol–water partition coefficient (Wildman–Crippen LogP) is 4.50. The van der Waals surface area contributed by atoms with Gasteiger partial charge in [0.25, 0.3) is 11.8 Å². The van der Waals surface area contributed by atoms with E-state index in [1.54, 1.807) is 41.3 Å². The van der Waals surface area contributed by atoms with Gasteiger partial charge in [0, 0.05) is 49.7 Å². The second kappa shape index (κ2) is 11.5. The van der Waals surface area contributed by atoms with E-state index in [9.17, 15) is 9.59 Å². The summed E-state index contributed by atoms with van der Waals surface area (Å²) in [5, 5.41) is 12.0. The Bertz CT molecular complexity index is 1240. The zero-order valence-corrected chi connectivity index (χ0v) is 21.3. The number of carbonyl (C=O) groups is 2. The number of nitrogens with two attached hydrogens (primary N) is 1. The Labute approximate surface area is 213 Å². The van der Waals surface area contributed by atoms with Gasteiger partial charge in [-0.2, -0.15) is 5.26 Å². The van der Waals surface area contributed by atoms with E-state index in [2.05, 4.69) is 11.4 Å². The lowest BCUT2D eigenvalue weighted by molar-refractivity contribution is 0.0673. The number of amides is 2. The van der Waals surface area contributed by atoms with Crippen LogP contribution in [0.4, 0.5) is 11.4 Å². The highest BCUT2D eigenvalue weighted by Crippen LogP contribution is 2.21. The Balaban J connectivity index is 1.79. The van der Waals surface area contributed by atoms with Gasteiger partial charge in [0.1, 0.15) is 0 Å². The summed E-state index contributed by atoms with van der Waals surface area (Å²) >= 11 is 0. The number of nitrogens with zero attached hydrogens (tertiary/aromatic N) is 3. The Morgan fingerprint density at radius 1 is 0.972 bits per heavy atom. The average molecular weight is 484 g/mol. The lowest BCUT2D eigenvalue weighted by Crippen LogP contribution is -2.41. The zero-order valence-electron chi connectivity index (χ0n) is 21.3. The number of hydrogen-bond acceptors (Lipinski definition) is 5. The molecule has 0 saturated heterocycles. The highest BCUT2D eigenvalue weighted by molar-refractivity contribution is 6.04. The van der Waals surface area contributed by atoms with Crippen LogP contribution in [0.3, 0.4) is 0 Å². The third-order valence-electron chi connectivity index (χ3n) is 5.92. The minimum Gasteiger partial charge on any atom is -0.378 e. The first-order valence-corrected chi connectivity index (χ1v) is 11.8. The summed E-state index contributed by atoms with van der Waals surface area (Å²) in [6, 6.07) is 23.6. The molecule has 7 heteroatoms. The maximum Gasteiger partial charge on any atom is 0.255 e. The first-order chi connectivity index (χ1) is 17.1. The third kappa shape index (κ3) is 6.94. The molecule has 3 N–H and O–H groups in total. The molecule has 0 aliphatic heterocycles. The van der Waals surface area contributed by atoms with Gasteiger partial charge >= 0.3 is 0 Å². The molecule has 0 radical (unpaired) electrons. The first kappa shape index (κ1) is 26.5. The fourth-order valence-electron chi connectivity index (χ4n) is 3.73. The molecule has 7 nitrogen and oxygen atoms in total. The Hall–Kier alpha value is -4.15. The van der Waals surface area contributed by atoms with Crippen LogP contribution < -0.4 is 16.0 Å². The van der Waals surface area contributed by atoms with Crippen LogP contribution in [0.2, 0.25) is 0 Å². The Morgan fingerprint density at radius 2 is 1.61 bits per heavy atom. The van der Waals surface area contributed by atoms with Crippen LogP contribution in [-0.2, 0) is 6.54 Å². The van der Waals surface area contributed by atoms with Crippen molar-refractivity contribution < 1.29 is 9.59 Å². The predicted molar refractivity (Wildman–Crippen MR) is 144 cm³/mol. The van der Waals surface area contributed by atoms with Gasteiger partial charge in [-0.05, 0) is 78.2 Å². The smallest absolute Gasteiger partial charge is 0.255 e. The van der Waals surface area contributed by atoms with Crippen molar-refractivity contribution >= 4 is 23.2 Å². The van der Waals surface area contributed by atoms with E-state index in [1.165, 1.54) is 0 Å². The molecular formula is C29H33N5O2. The van der Waals surface area contributed by atoms with Crippen LogP contribution >= 0.6 is 0 Å². The molecule has 0 fully saturated rings. The first-order valence-electron chi connectivity index (χ1n) is 11.8. The lowest BCUT2D eigenvalue weighted by atomic mass is 9.92. The van der Waals surface area contributed by atoms with Gasteiger partial charge in [0.05, 0.1) is 11.6 Å². The van der Waals surface area contributed by atoms with Gasteiger partial charge in [0.2, 0.25) is 0 Å². The summed E-state index contributed by atoms with van der Waals surface area (Å²) in [6.45, 7) is 5.27. The van der Waals surface area contributed by atoms with Gasteiger partial charge in [0.15, 0.2) is 0 Å². The van der Waals surface area contributed by atoms with Gasteiger partial charge in [-0.1, -0.05) is 26.0 Å². The second-order valence-corrected chi connectivity index (χ2v) is 9.81. The summed E-state index contributed by atoms with van der Waals surface area (Å²) < 4.78 is 0. The number of hydrogen-bond donors (Lipinski definition) is 2. The summed E-state index contributed by atoms with van der Waals surface area (Å²) in [4.78, 5) is 29.9. The molecule has 0 bridgehead atoms. The van der Waals surface area contributed by atoms with Gasteiger partial charge < -0.3 is 20.9 Å². The Kier molecular flexibility index (Phi) is 8.46. The molecule has 0 aliphatic rings. The van der Waals surface area contributed by atoms with Crippen molar-refractivity contribution in [1.29, 1.82) is 5.26 Å². The van der Waals surface area contributed by atoms with E-state index in [0.717, 1.165) is 11.3 Å². The SMILES string of the molecule is CN(C)c1ccc(C(=O)Nc2cccc(CN(CC(C)(C)CN)C(=O)c3ccc(C#N)cc3)c2)cc1. The van der Waals surface area contributed by atoms with Crippen molar-refractivity contribution in [2.75, 3.05) is 37.4 Å². The highest BCUT2D eigenvalue weighted by atomic mass is 16.2. The minimum atomic E-state index is -0.285. The van der Waals surface area contributed by atoms with Gasteiger partial charge in [-0.3, -0.25) is 9.59 Å². The number of rotatable bonds is 9. The molecule has 3 rings (SSSR count). The maximum absolute atomic E-state index is 13.4. The van der Waals surface area contributed by atoms with Crippen LogP contribution in [0.15, 0.2) is 72.8 Å². The minimum absolute atomic E-state index is 0.142. The molecule has 0 atom stereocenters. The molecule has 36 heavy (non-hydrogen) atoms. The van der Waals surface area contributed by atoms with E-state index < -0.39 is 0 Å². The van der Waals surface area contributed by atoms with Crippen molar-refractivity contribution in [1.82, 2.24) is 4.90 Å². The largest absolute Gasteiger partial charge is 0.378 e. The number of anilines is 2. The summed E-state index contributed by atoms with van der Waals surface area (Å²) in [5.41, 5.74) is 9.79. The molecule has 3 aromatic rings. The van der Waals surface area contributed by atoms with Crippen LogP contribution in [0, 0.1) is 16.7 Å². The Morgan fingerprint density at radius 3 is 2.19 bits per heavy atom. The van der Waals surface area contributed by atoms with Crippen molar-refractivity contribution in [2.45, 2.75) is 20.4 Å². The molecule has 0 heterocycles. The van der Waals surface area contributed by atoms with Crippen LogP contribution in [0.25, 0.3) is 0 Å². The van der Waals surface area contributed by atoms with Crippen molar-refractivity contribution in [3.05, 3.63) is 95.1 Å². The van der Waals surface area contributed by atoms with Crippen LogP contribution in [0.1, 0.15) is 45.7 Å². The van der Waals surface area contributed by atoms with E-state index in [4.69, 9.17) is 11.0 Å². The third-order valence-corrected chi connectivity index (χ3v) is 5.92. The molecule has 0 unspecified atom stereocenters. The molecular weight excluding hydrogens is 450 g/mol. The topological polar surface area (TPSA) is 102 Å². The second-order valence-electron chi connectivity index (χ2n) is 9.81. The monoisotopic (exact) mass is 483 g/mol. The highest BCUT2D eigenvalue weighted by Gasteiger charge is 2.25. The van der Waals surface area contributed by atoms with E-state index in [-0.39, 0.29) is 17.2 Å². The number of nitrogens with one attached hydrogen (secondary N) is 1. The summed E-state index contributed by atoms with van der Waals surface area (Å²) in [5.74, 6) is -0.344. The van der Waals surface area contributed by atoms with Crippen LogP contribution in [-0.4, -0.2) is 43.9 Å². The van der Waals surface area contributed by atoms with Crippen molar-refractivity contribution in [3.8, 4) is 6.07 Å². The van der Waals surface area contributed by atoms with E-state index in [1.807, 2.05) is 69.2 Å². The maximum atomic E-state index is 13.4. The molecule has 3 aromatic carbocycles. The lowest BCUT2D eigenvalue weighted by Gasteiger charge is -2.32. The number of benzene rings is 3. The fourth-order valence-corrected chi connectivity index (χ4v) is 3.73. The summed E-state index contributed by atoms with van der Waals surface area (Å²) in [7, 11) is 3.90. The number of nitriles is 1. The van der Waals surface area contributed by atoms with E-state index in [0.29, 0.717) is 42.0 Å². The normalized spacial score (nSPS) is 10.9. The summed E-state index contributed by atoms with van der Waals surface area (Å²) in [6.07, 6.45) is 0. The van der Waals surface area contributed by atoms with Gasteiger partial charge in [-0.15, -0.1) is 0 Å². The quantitative estimate of drug-likeness (QED) is 0.466. The molecule has 0 spiro atoms. The number of carbonyl (C=O) groups excluding carboxylic acids is 2. The molecule has 0 saturated carbocycles. The molecule has 0 aromatic heterocycles. The van der Waals surface area contributed by atoms with Gasteiger partial charge in [-0.25, -0.2) is 0 Å². The van der Waals surface area contributed by atoms with E-state index >= 15 is 0 Å². The zero-order chi connectivity index (χ0) is 26.3. The molecule has 186 valence electrons. The average Bonchev–Trinajstić information content (AvgIpc) is 2.88. The van der Waals surface area contributed by atoms with Crippen LogP contribution in [0.5, 0.6) is 0 Å². The molecule has 2 amide bonds. The van der Waals surface area contributed by atoms with Crippen molar-refractivity contribution in [2.24, 2.45) is 11.1 Å². The molecule has 0 aliphatic carbocycles. The van der Waals surface area contributed by atoms with Crippen molar-refractivity contribution in [3.63, 3.8) is 0 Å².